The summed E-state index contributed by atoms with van der Waals surface area (Å²) in [5.41, 5.74) is 5.01. The Morgan fingerprint density at radius 2 is 1.81 bits per heavy atom. The van der Waals surface area contributed by atoms with E-state index in [1.807, 2.05) is 24.5 Å². The molecular formula is C14H16N2. The van der Waals surface area contributed by atoms with Crippen molar-refractivity contribution in [2.75, 3.05) is 5.32 Å². The molecule has 2 aromatic rings. The highest BCUT2D eigenvalue weighted by atomic mass is 14.9. The predicted molar refractivity (Wildman–Crippen MR) is 67.5 cm³/mol. The van der Waals surface area contributed by atoms with Crippen LogP contribution in [0.3, 0.4) is 0 Å². The molecule has 0 radical (unpaired) electrons. The highest BCUT2D eigenvalue weighted by Crippen LogP contribution is 2.17. The van der Waals surface area contributed by atoms with Gasteiger partial charge in [-0.2, -0.15) is 0 Å². The molecule has 1 aromatic heterocycles. The average Bonchev–Trinajstić information content (AvgIpc) is 2.32. The van der Waals surface area contributed by atoms with E-state index in [9.17, 15) is 0 Å². The second-order valence-corrected chi connectivity index (χ2v) is 4.03. The topological polar surface area (TPSA) is 24.9 Å². The number of aryl methyl sites for hydroxylation is 2. The van der Waals surface area contributed by atoms with E-state index in [1.54, 1.807) is 0 Å². The van der Waals surface area contributed by atoms with Crippen molar-refractivity contribution >= 4 is 5.69 Å². The Morgan fingerprint density at radius 3 is 2.56 bits per heavy atom. The summed E-state index contributed by atoms with van der Waals surface area (Å²) < 4.78 is 0. The fourth-order valence-electron chi connectivity index (χ4n) is 1.62. The molecule has 82 valence electrons. The van der Waals surface area contributed by atoms with Crippen molar-refractivity contribution in [3.05, 3.63) is 59.4 Å². The van der Waals surface area contributed by atoms with Gasteiger partial charge in [0.2, 0.25) is 0 Å². The Balaban J connectivity index is 2.08. The van der Waals surface area contributed by atoms with E-state index in [2.05, 4.69) is 42.3 Å². The third kappa shape index (κ3) is 2.60. The van der Waals surface area contributed by atoms with Gasteiger partial charge in [0, 0.05) is 24.6 Å². The van der Waals surface area contributed by atoms with Gasteiger partial charge in [-0.05, 0) is 48.7 Å². The van der Waals surface area contributed by atoms with Crippen molar-refractivity contribution in [2.45, 2.75) is 20.4 Å². The van der Waals surface area contributed by atoms with Crippen molar-refractivity contribution in [1.82, 2.24) is 4.98 Å². The lowest BCUT2D eigenvalue weighted by Gasteiger charge is -2.10. The minimum absolute atomic E-state index is 0.840. The molecule has 0 spiro atoms. The Hall–Kier alpha value is -1.83. The van der Waals surface area contributed by atoms with Crippen molar-refractivity contribution in [3.63, 3.8) is 0 Å². The molecule has 1 aromatic carbocycles. The average molecular weight is 212 g/mol. The van der Waals surface area contributed by atoms with Crippen molar-refractivity contribution < 1.29 is 0 Å². The van der Waals surface area contributed by atoms with Gasteiger partial charge in [-0.15, -0.1) is 0 Å². The molecule has 0 saturated carbocycles. The summed E-state index contributed by atoms with van der Waals surface area (Å²) in [7, 11) is 0. The molecule has 0 aliphatic rings. The fraction of sp³-hybridized carbons (Fsp3) is 0.214. The molecule has 16 heavy (non-hydrogen) atoms. The highest BCUT2D eigenvalue weighted by Gasteiger charge is 1.98. The number of anilines is 1. The van der Waals surface area contributed by atoms with Gasteiger partial charge in [-0.25, -0.2) is 0 Å². The zero-order valence-electron chi connectivity index (χ0n) is 9.70. The van der Waals surface area contributed by atoms with Crippen molar-refractivity contribution in [3.8, 4) is 0 Å². The molecule has 1 N–H and O–H groups in total. The van der Waals surface area contributed by atoms with Gasteiger partial charge in [0.15, 0.2) is 0 Å². The molecule has 0 amide bonds. The van der Waals surface area contributed by atoms with Crippen LogP contribution in [0.5, 0.6) is 0 Å². The van der Waals surface area contributed by atoms with E-state index in [1.165, 1.54) is 22.4 Å². The summed E-state index contributed by atoms with van der Waals surface area (Å²) in [6.45, 7) is 5.07. The van der Waals surface area contributed by atoms with E-state index in [-0.39, 0.29) is 0 Å². The number of nitrogens with zero attached hydrogens (tertiary/aromatic N) is 1. The molecule has 0 unspecified atom stereocenters. The van der Waals surface area contributed by atoms with Crippen LogP contribution < -0.4 is 5.32 Å². The summed E-state index contributed by atoms with van der Waals surface area (Å²) in [5, 5.41) is 3.44. The lowest BCUT2D eigenvalue weighted by molar-refractivity contribution is 1.12. The number of rotatable bonds is 3. The minimum atomic E-state index is 0.840. The van der Waals surface area contributed by atoms with E-state index < -0.39 is 0 Å². The molecule has 0 bridgehead atoms. The number of hydrogen-bond acceptors (Lipinski definition) is 2. The van der Waals surface area contributed by atoms with Crippen molar-refractivity contribution in [1.29, 1.82) is 0 Å². The van der Waals surface area contributed by atoms with Crippen LogP contribution in [0.4, 0.5) is 5.69 Å². The summed E-state index contributed by atoms with van der Waals surface area (Å²) >= 11 is 0. The van der Waals surface area contributed by atoms with Crippen LogP contribution in [-0.2, 0) is 6.54 Å². The largest absolute Gasteiger partial charge is 0.381 e. The molecule has 1 heterocycles. The first-order valence-corrected chi connectivity index (χ1v) is 5.46. The first-order chi connectivity index (χ1) is 7.75. The Morgan fingerprint density at radius 1 is 1.06 bits per heavy atom. The van der Waals surface area contributed by atoms with Gasteiger partial charge in [0.1, 0.15) is 0 Å². The van der Waals surface area contributed by atoms with E-state index in [0.29, 0.717) is 0 Å². The lowest BCUT2D eigenvalue weighted by Crippen LogP contribution is -2.01. The Kier molecular flexibility index (Phi) is 3.20. The number of benzene rings is 1. The molecule has 0 aliphatic heterocycles. The molecule has 0 atom stereocenters. The smallest absolute Gasteiger partial charge is 0.0401 e. The molecule has 0 saturated heterocycles. The van der Waals surface area contributed by atoms with Gasteiger partial charge in [-0.1, -0.05) is 12.1 Å². The Labute approximate surface area is 96.4 Å². The van der Waals surface area contributed by atoms with Gasteiger partial charge in [-0.3, -0.25) is 4.98 Å². The maximum Gasteiger partial charge on any atom is 0.0401 e. The number of pyridine rings is 1. The number of aromatic nitrogens is 1. The molecule has 2 nitrogen and oxygen atoms in total. The fourth-order valence-corrected chi connectivity index (χ4v) is 1.62. The van der Waals surface area contributed by atoms with Gasteiger partial charge in [0.25, 0.3) is 0 Å². The van der Waals surface area contributed by atoms with Crippen LogP contribution in [0.15, 0.2) is 42.7 Å². The van der Waals surface area contributed by atoms with E-state index >= 15 is 0 Å². The minimum Gasteiger partial charge on any atom is -0.381 e. The first kappa shape index (κ1) is 10.7. The van der Waals surface area contributed by atoms with Gasteiger partial charge < -0.3 is 5.32 Å². The van der Waals surface area contributed by atoms with Crippen LogP contribution in [0.25, 0.3) is 0 Å². The van der Waals surface area contributed by atoms with Crippen LogP contribution in [-0.4, -0.2) is 4.98 Å². The van der Waals surface area contributed by atoms with Gasteiger partial charge >= 0.3 is 0 Å². The van der Waals surface area contributed by atoms with Crippen molar-refractivity contribution in [2.24, 2.45) is 0 Å². The number of hydrogen-bond donors (Lipinski definition) is 1. The standard InChI is InChI=1S/C14H16N2/c1-11-3-4-12(2)14(9-11)16-10-13-5-7-15-8-6-13/h3-9,16H,10H2,1-2H3. The lowest BCUT2D eigenvalue weighted by atomic mass is 10.1. The molecule has 2 rings (SSSR count). The maximum absolute atomic E-state index is 4.00. The predicted octanol–water partition coefficient (Wildman–Crippen LogP) is 3.31. The molecule has 0 aliphatic carbocycles. The first-order valence-electron chi connectivity index (χ1n) is 5.46. The monoisotopic (exact) mass is 212 g/mol. The molecule has 0 fully saturated rings. The quantitative estimate of drug-likeness (QED) is 0.844. The third-order valence-corrected chi connectivity index (χ3v) is 2.63. The summed E-state index contributed by atoms with van der Waals surface area (Å²) in [6, 6.07) is 10.5. The third-order valence-electron chi connectivity index (χ3n) is 2.63. The molecular weight excluding hydrogens is 196 g/mol. The second-order valence-electron chi connectivity index (χ2n) is 4.03. The van der Waals surface area contributed by atoms with Crippen LogP contribution in [0, 0.1) is 13.8 Å². The summed E-state index contributed by atoms with van der Waals surface area (Å²) in [4.78, 5) is 4.00. The SMILES string of the molecule is Cc1ccc(C)c(NCc2ccncc2)c1. The highest BCUT2D eigenvalue weighted by molar-refractivity contribution is 5.52. The van der Waals surface area contributed by atoms with E-state index in [4.69, 9.17) is 0 Å². The van der Waals surface area contributed by atoms with E-state index in [0.717, 1.165) is 6.54 Å². The maximum atomic E-state index is 4.00. The zero-order chi connectivity index (χ0) is 11.4. The normalized spacial score (nSPS) is 10.1. The Bertz CT molecular complexity index is 463. The van der Waals surface area contributed by atoms with Gasteiger partial charge in [0.05, 0.1) is 0 Å². The summed E-state index contributed by atoms with van der Waals surface area (Å²) in [5.74, 6) is 0. The van der Waals surface area contributed by atoms with Crippen LogP contribution >= 0.6 is 0 Å². The zero-order valence-corrected chi connectivity index (χ0v) is 9.70. The molecule has 2 heteroatoms. The number of nitrogens with one attached hydrogen (secondary N) is 1. The second kappa shape index (κ2) is 4.79. The van der Waals surface area contributed by atoms with Crippen LogP contribution in [0.2, 0.25) is 0 Å². The van der Waals surface area contributed by atoms with Crippen LogP contribution in [0.1, 0.15) is 16.7 Å². The summed E-state index contributed by atoms with van der Waals surface area (Å²) in [6.07, 6.45) is 3.64.